The highest BCUT2D eigenvalue weighted by Gasteiger charge is 2.49. The van der Waals surface area contributed by atoms with Gasteiger partial charge in [-0.1, -0.05) is 27.5 Å². The number of rotatable bonds is 5. The molecule has 6 nitrogen and oxygen atoms in total. The summed E-state index contributed by atoms with van der Waals surface area (Å²) in [6.45, 7) is -0.818. The van der Waals surface area contributed by atoms with E-state index in [9.17, 15) is 18.6 Å². The molecule has 0 spiro atoms. The van der Waals surface area contributed by atoms with Crippen LogP contribution < -0.4 is 0 Å². The van der Waals surface area contributed by atoms with Gasteiger partial charge in [-0.15, -0.1) is 11.8 Å². The third kappa shape index (κ3) is 4.24. The fourth-order valence-corrected chi connectivity index (χ4v) is 6.54. The van der Waals surface area contributed by atoms with E-state index in [2.05, 4.69) is 15.9 Å². The molecule has 2 aromatic carbocycles. The number of β-amino-alcohol motifs (C(OH)–C–C–N with tert-alkyl or cyclic N) is 1. The molecule has 2 aromatic rings. The number of hydrogen-bond acceptors (Lipinski definition) is 6. The van der Waals surface area contributed by atoms with Crippen molar-refractivity contribution in [1.82, 2.24) is 4.31 Å². The normalized spacial score (nSPS) is 22.9. The van der Waals surface area contributed by atoms with Crippen molar-refractivity contribution in [3.8, 4) is 6.07 Å². The zero-order valence-corrected chi connectivity index (χ0v) is 18.4. The lowest BCUT2D eigenvalue weighted by atomic mass is 10.1. The van der Waals surface area contributed by atoms with Gasteiger partial charge in [-0.3, -0.25) is 0 Å². The summed E-state index contributed by atoms with van der Waals surface area (Å²) in [5, 5.41) is 28.9. The van der Waals surface area contributed by atoms with Crippen LogP contribution in [-0.2, 0) is 10.0 Å². The minimum Gasteiger partial charge on any atom is -0.393 e. The van der Waals surface area contributed by atoms with Gasteiger partial charge < -0.3 is 10.2 Å². The Balaban J connectivity index is 1.89. The Kier molecular flexibility index (Phi) is 6.41. The van der Waals surface area contributed by atoms with E-state index in [0.717, 1.165) is 13.7 Å². The second-order valence-corrected chi connectivity index (χ2v) is 10.9. The van der Waals surface area contributed by atoms with Gasteiger partial charge >= 0.3 is 0 Å². The summed E-state index contributed by atoms with van der Waals surface area (Å²) in [4.78, 5) is 0.707. The lowest BCUT2D eigenvalue weighted by Gasteiger charge is -2.26. The standard InChI is InChI=1S/C18H16BrClN2O4S2/c19-13-2-4-14(5-3-13)27-17-9-22(10-18(17,24)11-23)28(25,26)16-6-1-12(8-21)7-15(16)20/h1-7,17,23-24H,9-11H2/t17-,18+/m0/s1. The zero-order chi connectivity index (χ0) is 20.5. The summed E-state index contributed by atoms with van der Waals surface area (Å²) in [5.41, 5.74) is -1.34. The molecule has 0 radical (unpaired) electrons. The van der Waals surface area contributed by atoms with Gasteiger partial charge in [0, 0.05) is 22.5 Å². The van der Waals surface area contributed by atoms with E-state index in [1.165, 1.54) is 30.0 Å². The van der Waals surface area contributed by atoms with E-state index in [4.69, 9.17) is 16.9 Å². The lowest BCUT2D eigenvalue weighted by Crippen LogP contribution is -2.44. The monoisotopic (exact) mass is 502 g/mol. The number of halogens is 2. The van der Waals surface area contributed by atoms with Crippen molar-refractivity contribution in [2.75, 3.05) is 19.7 Å². The number of thioether (sulfide) groups is 1. The quantitative estimate of drug-likeness (QED) is 0.651. The minimum absolute atomic E-state index is 0.0104. The van der Waals surface area contributed by atoms with Gasteiger partial charge in [-0.2, -0.15) is 9.57 Å². The van der Waals surface area contributed by atoms with Crippen molar-refractivity contribution in [2.24, 2.45) is 0 Å². The predicted octanol–water partition coefficient (Wildman–Crippen LogP) is 2.86. The van der Waals surface area contributed by atoms with E-state index in [0.29, 0.717) is 0 Å². The van der Waals surface area contributed by atoms with E-state index in [-0.39, 0.29) is 28.6 Å². The Hall–Kier alpha value is -1.12. The van der Waals surface area contributed by atoms with Crippen LogP contribution in [0.3, 0.4) is 0 Å². The molecule has 0 saturated carbocycles. The number of hydrogen-bond donors (Lipinski definition) is 2. The lowest BCUT2D eigenvalue weighted by molar-refractivity contribution is 0.00319. The van der Waals surface area contributed by atoms with Gasteiger partial charge in [-0.25, -0.2) is 8.42 Å². The molecule has 3 rings (SSSR count). The Morgan fingerprint density at radius 1 is 1.32 bits per heavy atom. The SMILES string of the molecule is N#Cc1ccc(S(=O)(=O)N2C[C@H](Sc3ccc(Br)cc3)[C@](O)(CO)C2)c(Cl)c1. The van der Waals surface area contributed by atoms with Crippen molar-refractivity contribution in [1.29, 1.82) is 5.26 Å². The molecule has 2 N–H and O–H groups in total. The predicted molar refractivity (Wildman–Crippen MR) is 111 cm³/mol. The van der Waals surface area contributed by atoms with E-state index in [1.807, 2.05) is 30.3 Å². The molecule has 0 aromatic heterocycles. The average Bonchev–Trinajstić information content (AvgIpc) is 3.01. The minimum atomic E-state index is -4.01. The molecule has 1 heterocycles. The summed E-state index contributed by atoms with van der Waals surface area (Å²) in [5.74, 6) is 0. The van der Waals surface area contributed by atoms with E-state index in [1.54, 1.807) is 0 Å². The first-order valence-corrected chi connectivity index (χ1v) is 11.6. The molecule has 148 valence electrons. The Bertz CT molecular complexity index is 1030. The van der Waals surface area contributed by atoms with Crippen LogP contribution in [-0.4, -0.2) is 53.5 Å². The summed E-state index contributed by atoms with van der Waals surface area (Å²) in [6, 6.07) is 13.2. The number of nitriles is 1. The van der Waals surface area contributed by atoms with Crippen molar-refractivity contribution < 1.29 is 18.6 Å². The third-order valence-electron chi connectivity index (χ3n) is 4.46. The summed E-state index contributed by atoms with van der Waals surface area (Å²) < 4.78 is 28.1. The molecule has 2 atom stereocenters. The van der Waals surface area contributed by atoms with Crippen LogP contribution in [0.15, 0.2) is 56.7 Å². The van der Waals surface area contributed by atoms with Crippen LogP contribution in [0.5, 0.6) is 0 Å². The Morgan fingerprint density at radius 3 is 2.57 bits per heavy atom. The molecule has 10 heteroatoms. The largest absolute Gasteiger partial charge is 0.393 e. The summed E-state index contributed by atoms with van der Waals surface area (Å²) in [7, 11) is -4.01. The van der Waals surface area contributed by atoms with Crippen LogP contribution >= 0.6 is 39.3 Å². The second kappa shape index (κ2) is 8.32. The molecule has 1 saturated heterocycles. The zero-order valence-electron chi connectivity index (χ0n) is 14.4. The molecule has 0 amide bonds. The number of benzene rings is 2. The maximum Gasteiger partial charge on any atom is 0.244 e. The molecule has 0 aliphatic carbocycles. The maximum atomic E-state index is 13.1. The van der Waals surface area contributed by atoms with Crippen LogP contribution in [0.1, 0.15) is 5.56 Å². The van der Waals surface area contributed by atoms with Crippen LogP contribution in [0.25, 0.3) is 0 Å². The molecule has 0 bridgehead atoms. The first-order valence-electron chi connectivity index (χ1n) is 8.15. The molecule has 1 fully saturated rings. The van der Waals surface area contributed by atoms with Gasteiger partial charge in [-0.05, 0) is 42.5 Å². The first-order chi connectivity index (χ1) is 13.2. The molecular formula is C18H16BrClN2O4S2. The highest BCUT2D eigenvalue weighted by molar-refractivity contribution is 9.10. The van der Waals surface area contributed by atoms with Crippen molar-refractivity contribution in [3.63, 3.8) is 0 Å². The highest BCUT2D eigenvalue weighted by Crippen LogP contribution is 2.39. The Labute approximate surface area is 180 Å². The van der Waals surface area contributed by atoms with Crippen molar-refractivity contribution >= 4 is 49.3 Å². The van der Waals surface area contributed by atoms with Crippen LogP contribution in [0.2, 0.25) is 5.02 Å². The number of aliphatic hydroxyl groups excluding tert-OH is 1. The summed E-state index contributed by atoms with van der Waals surface area (Å²) in [6.07, 6.45) is 0. The topological polar surface area (TPSA) is 102 Å². The van der Waals surface area contributed by atoms with Crippen LogP contribution in [0, 0.1) is 11.3 Å². The molecule has 1 aliphatic rings. The van der Waals surface area contributed by atoms with Crippen molar-refractivity contribution in [3.05, 3.63) is 57.5 Å². The maximum absolute atomic E-state index is 13.1. The highest BCUT2D eigenvalue weighted by atomic mass is 79.9. The first kappa shape index (κ1) is 21.6. The third-order valence-corrected chi connectivity index (χ3v) is 8.70. The van der Waals surface area contributed by atoms with Gasteiger partial charge in [0.1, 0.15) is 10.5 Å². The fraction of sp³-hybridized carbons (Fsp3) is 0.278. The van der Waals surface area contributed by atoms with Crippen molar-refractivity contribution in [2.45, 2.75) is 20.6 Å². The van der Waals surface area contributed by atoms with Gasteiger partial charge in [0.15, 0.2) is 0 Å². The fourth-order valence-electron chi connectivity index (χ4n) is 2.90. The van der Waals surface area contributed by atoms with E-state index >= 15 is 0 Å². The number of nitrogens with zero attached hydrogens (tertiary/aromatic N) is 2. The summed E-state index contributed by atoms with van der Waals surface area (Å²) >= 11 is 10.7. The second-order valence-electron chi connectivity index (χ2n) is 6.38. The molecule has 0 unspecified atom stereocenters. The van der Waals surface area contributed by atoms with Crippen LogP contribution in [0.4, 0.5) is 0 Å². The molecule has 1 aliphatic heterocycles. The van der Waals surface area contributed by atoms with Gasteiger partial charge in [0.2, 0.25) is 10.0 Å². The Morgan fingerprint density at radius 2 is 2.00 bits per heavy atom. The molecule has 28 heavy (non-hydrogen) atoms. The molecular weight excluding hydrogens is 488 g/mol. The number of sulfonamides is 1. The smallest absolute Gasteiger partial charge is 0.244 e. The average molecular weight is 504 g/mol. The van der Waals surface area contributed by atoms with E-state index < -0.39 is 27.5 Å². The number of aliphatic hydroxyl groups is 2. The van der Waals surface area contributed by atoms with Gasteiger partial charge in [0.05, 0.1) is 28.5 Å². The van der Waals surface area contributed by atoms with Gasteiger partial charge in [0.25, 0.3) is 0 Å².